The topological polar surface area (TPSA) is 43.9 Å². The van der Waals surface area contributed by atoms with Crippen LogP contribution in [-0.2, 0) is 4.79 Å². The summed E-state index contributed by atoms with van der Waals surface area (Å²) in [5.74, 6) is 1.05. The van der Waals surface area contributed by atoms with Gasteiger partial charge in [-0.05, 0) is 37.8 Å². The summed E-state index contributed by atoms with van der Waals surface area (Å²) < 4.78 is 0. The van der Waals surface area contributed by atoms with E-state index in [4.69, 9.17) is 0 Å². The number of hydrogen-bond donors (Lipinski definition) is 0. The number of likely N-dealkylation sites (tertiary alicyclic amines) is 1. The second-order valence-electron chi connectivity index (χ2n) is 7.55. The molecular weight excluding hydrogens is 334 g/mol. The number of amides is 2. The monoisotopic (exact) mass is 363 g/mol. The van der Waals surface area contributed by atoms with E-state index in [0.717, 1.165) is 43.9 Å². The summed E-state index contributed by atoms with van der Waals surface area (Å²) in [5, 5.41) is 0. The quantitative estimate of drug-likeness (QED) is 0.807. The molecule has 1 aromatic heterocycles. The number of nitrogens with zero attached hydrogens (tertiary/aromatic N) is 3. The van der Waals surface area contributed by atoms with E-state index >= 15 is 0 Å². The molecule has 0 bridgehead atoms. The first-order valence-electron chi connectivity index (χ1n) is 9.34. The van der Waals surface area contributed by atoms with Crippen LogP contribution in [0.1, 0.15) is 41.2 Å². The van der Waals surface area contributed by atoms with Gasteiger partial charge in [0.15, 0.2) is 0 Å². The molecule has 0 aromatic carbocycles. The standard InChI is InChI=1S/C19H29N3O2S/c1-14(2)6-8-21-9-7-16(18(21)23)20-10-12-22(13-11-20)19(24)17-5-4-15(3)25-17/h4-5,14,16H,6-13H2,1-3H3. The minimum Gasteiger partial charge on any atom is -0.341 e. The van der Waals surface area contributed by atoms with Crippen LogP contribution in [0.15, 0.2) is 12.1 Å². The molecule has 0 aliphatic carbocycles. The van der Waals surface area contributed by atoms with Gasteiger partial charge in [0, 0.05) is 44.1 Å². The summed E-state index contributed by atoms with van der Waals surface area (Å²) in [6.07, 6.45) is 2.00. The number of carbonyl (C=O) groups excluding carboxylic acids is 2. The zero-order valence-corrected chi connectivity index (χ0v) is 16.3. The van der Waals surface area contributed by atoms with Gasteiger partial charge in [0.05, 0.1) is 10.9 Å². The molecule has 0 saturated carbocycles. The Labute approximate surface area is 154 Å². The Bertz CT molecular complexity index is 620. The van der Waals surface area contributed by atoms with Crippen molar-refractivity contribution in [3.05, 3.63) is 21.9 Å². The fourth-order valence-corrected chi connectivity index (χ4v) is 4.47. The largest absolute Gasteiger partial charge is 0.341 e. The van der Waals surface area contributed by atoms with E-state index in [0.29, 0.717) is 19.0 Å². The lowest BCUT2D eigenvalue weighted by molar-refractivity contribution is -0.132. The molecule has 0 radical (unpaired) electrons. The van der Waals surface area contributed by atoms with E-state index in [1.54, 1.807) is 11.3 Å². The van der Waals surface area contributed by atoms with Crippen molar-refractivity contribution in [2.24, 2.45) is 5.92 Å². The lowest BCUT2D eigenvalue weighted by Crippen LogP contribution is -2.53. The summed E-state index contributed by atoms with van der Waals surface area (Å²) in [6, 6.07) is 3.94. The fourth-order valence-electron chi connectivity index (χ4n) is 3.64. The molecular formula is C19H29N3O2S. The van der Waals surface area contributed by atoms with Gasteiger partial charge in [-0.15, -0.1) is 11.3 Å². The van der Waals surface area contributed by atoms with Crippen LogP contribution in [0.4, 0.5) is 0 Å². The molecule has 2 fully saturated rings. The molecule has 138 valence electrons. The van der Waals surface area contributed by atoms with Gasteiger partial charge in [-0.2, -0.15) is 0 Å². The molecule has 3 heterocycles. The first-order valence-corrected chi connectivity index (χ1v) is 10.2. The minimum absolute atomic E-state index is 0.0217. The van der Waals surface area contributed by atoms with Crippen LogP contribution in [-0.4, -0.2) is 71.8 Å². The maximum atomic E-state index is 12.7. The number of hydrogen-bond acceptors (Lipinski definition) is 4. The molecule has 0 N–H and O–H groups in total. The summed E-state index contributed by atoms with van der Waals surface area (Å²) in [4.78, 5) is 33.4. The Balaban J connectivity index is 1.51. The molecule has 2 amide bonds. The number of rotatable bonds is 5. The van der Waals surface area contributed by atoms with E-state index in [1.165, 1.54) is 4.88 Å². The third kappa shape index (κ3) is 4.23. The summed E-state index contributed by atoms with van der Waals surface area (Å²) >= 11 is 1.56. The molecule has 5 nitrogen and oxygen atoms in total. The second-order valence-corrected chi connectivity index (χ2v) is 8.84. The Hall–Kier alpha value is -1.40. The molecule has 2 saturated heterocycles. The van der Waals surface area contributed by atoms with Crippen LogP contribution < -0.4 is 0 Å². The Morgan fingerprint density at radius 2 is 1.92 bits per heavy atom. The molecule has 0 spiro atoms. The first kappa shape index (κ1) is 18.4. The van der Waals surface area contributed by atoms with Gasteiger partial charge in [-0.25, -0.2) is 0 Å². The predicted octanol–water partition coefficient (Wildman–Crippen LogP) is 2.46. The van der Waals surface area contributed by atoms with Gasteiger partial charge in [0.25, 0.3) is 5.91 Å². The van der Waals surface area contributed by atoms with Gasteiger partial charge in [-0.3, -0.25) is 14.5 Å². The maximum Gasteiger partial charge on any atom is 0.264 e. The van der Waals surface area contributed by atoms with Gasteiger partial charge in [0.1, 0.15) is 0 Å². The van der Waals surface area contributed by atoms with Crippen LogP contribution in [0.25, 0.3) is 0 Å². The molecule has 2 aliphatic heterocycles. The maximum absolute atomic E-state index is 12.7. The number of thiophene rings is 1. The van der Waals surface area contributed by atoms with Crippen LogP contribution in [0.3, 0.4) is 0 Å². The van der Waals surface area contributed by atoms with E-state index in [1.807, 2.05) is 28.9 Å². The van der Waals surface area contributed by atoms with Crippen molar-refractivity contribution in [3.63, 3.8) is 0 Å². The van der Waals surface area contributed by atoms with Crippen molar-refractivity contribution in [1.82, 2.24) is 14.7 Å². The lowest BCUT2D eigenvalue weighted by atomic mass is 10.1. The number of aryl methyl sites for hydroxylation is 1. The summed E-state index contributed by atoms with van der Waals surface area (Å²) in [6.45, 7) is 11.2. The molecule has 3 rings (SSSR count). The smallest absolute Gasteiger partial charge is 0.264 e. The van der Waals surface area contributed by atoms with Gasteiger partial charge in [-0.1, -0.05) is 13.8 Å². The Kier molecular flexibility index (Phi) is 5.79. The molecule has 1 atom stereocenters. The van der Waals surface area contributed by atoms with Crippen LogP contribution in [0.2, 0.25) is 0 Å². The Morgan fingerprint density at radius 1 is 1.20 bits per heavy atom. The van der Waals surface area contributed by atoms with Crippen molar-refractivity contribution >= 4 is 23.2 Å². The van der Waals surface area contributed by atoms with Crippen molar-refractivity contribution in [3.8, 4) is 0 Å². The average Bonchev–Trinajstić information content (AvgIpc) is 3.18. The third-order valence-electron chi connectivity index (χ3n) is 5.24. The van der Waals surface area contributed by atoms with Crippen LogP contribution in [0, 0.1) is 12.8 Å². The third-order valence-corrected chi connectivity index (χ3v) is 6.23. The Morgan fingerprint density at radius 3 is 2.52 bits per heavy atom. The lowest BCUT2D eigenvalue weighted by Gasteiger charge is -2.37. The molecule has 1 unspecified atom stereocenters. The summed E-state index contributed by atoms with van der Waals surface area (Å²) in [5.41, 5.74) is 0. The highest BCUT2D eigenvalue weighted by Gasteiger charge is 2.37. The van der Waals surface area contributed by atoms with Gasteiger partial charge >= 0.3 is 0 Å². The zero-order valence-electron chi connectivity index (χ0n) is 15.5. The van der Waals surface area contributed by atoms with Crippen molar-refractivity contribution in [2.75, 3.05) is 39.3 Å². The average molecular weight is 364 g/mol. The minimum atomic E-state index is 0.0217. The number of piperazine rings is 1. The van der Waals surface area contributed by atoms with Crippen molar-refractivity contribution in [1.29, 1.82) is 0 Å². The SMILES string of the molecule is Cc1ccc(C(=O)N2CCN(C3CCN(CCC(C)C)C3=O)CC2)s1. The van der Waals surface area contributed by atoms with Gasteiger partial charge < -0.3 is 9.80 Å². The van der Waals surface area contributed by atoms with E-state index in [2.05, 4.69) is 18.7 Å². The van der Waals surface area contributed by atoms with Crippen molar-refractivity contribution in [2.45, 2.75) is 39.7 Å². The molecule has 25 heavy (non-hydrogen) atoms. The van der Waals surface area contributed by atoms with Crippen LogP contribution >= 0.6 is 11.3 Å². The zero-order chi connectivity index (χ0) is 18.0. The second kappa shape index (κ2) is 7.87. The van der Waals surface area contributed by atoms with E-state index < -0.39 is 0 Å². The number of carbonyl (C=O) groups is 2. The van der Waals surface area contributed by atoms with Gasteiger partial charge in [0.2, 0.25) is 5.91 Å². The molecule has 1 aromatic rings. The van der Waals surface area contributed by atoms with Crippen LogP contribution in [0.5, 0.6) is 0 Å². The van der Waals surface area contributed by atoms with E-state index in [-0.39, 0.29) is 17.9 Å². The highest BCUT2D eigenvalue weighted by Crippen LogP contribution is 2.22. The highest BCUT2D eigenvalue weighted by molar-refractivity contribution is 7.13. The fraction of sp³-hybridized carbons (Fsp3) is 0.684. The molecule has 6 heteroatoms. The molecule has 2 aliphatic rings. The summed E-state index contributed by atoms with van der Waals surface area (Å²) in [7, 11) is 0. The first-order chi connectivity index (χ1) is 12.0. The van der Waals surface area contributed by atoms with E-state index in [9.17, 15) is 9.59 Å². The van der Waals surface area contributed by atoms with Crippen molar-refractivity contribution < 1.29 is 9.59 Å². The predicted molar refractivity (Wildman–Crippen MR) is 101 cm³/mol. The normalized spacial score (nSPS) is 22.2. The highest BCUT2D eigenvalue weighted by atomic mass is 32.1.